The van der Waals surface area contributed by atoms with Crippen LogP contribution in [0.1, 0.15) is 25.7 Å². The molecule has 0 bridgehead atoms. The number of hydrogen-bond donors (Lipinski definition) is 2. The van der Waals surface area contributed by atoms with Gasteiger partial charge in [0.1, 0.15) is 17.0 Å². The fourth-order valence-electron chi connectivity index (χ4n) is 2.41. The highest BCUT2D eigenvalue weighted by Crippen LogP contribution is 2.34. The number of anilines is 1. The van der Waals surface area contributed by atoms with Crippen LogP contribution in [0.15, 0.2) is 16.2 Å². The van der Waals surface area contributed by atoms with Crippen molar-refractivity contribution < 1.29 is 0 Å². The zero-order valence-electron chi connectivity index (χ0n) is 9.90. The van der Waals surface area contributed by atoms with Crippen LogP contribution in [-0.4, -0.2) is 22.1 Å². The molecule has 1 saturated carbocycles. The standard InChI is InChI=1S/C12H15BrN4S/c13-9-5-18-12-10(9)11(15-6-16-12)17-8-3-1-7(14)2-4-8/h5-8H,1-4,14H2,(H,15,16,17)/t7-,8-. The van der Waals surface area contributed by atoms with Crippen molar-refractivity contribution in [2.24, 2.45) is 5.73 Å². The predicted octanol–water partition coefficient (Wildman–Crippen LogP) is 3.14. The van der Waals surface area contributed by atoms with Gasteiger partial charge in [0.05, 0.1) is 5.39 Å². The highest BCUT2D eigenvalue weighted by atomic mass is 79.9. The van der Waals surface area contributed by atoms with Gasteiger partial charge in [0.25, 0.3) is 0 Å². The molecule has 0 saturated heterocycles. The summed E-state index contributed by atoms with van der Waals surface area (Å²) < 4.78 is 1.07. The first-order chi connectivity index (χ1) is 8.74. The number of rotatable bonds is 2. The minimum absolute atomic E-state index is 0.376. The van der Waals surface area contributed by atoms with Crippen molar-refractivity contribution in [2.45, 2.75) is 37.8 Å². The van der Waals surface area contributed by atoms with Crippen LogP contribution in [0, 0.1) is 0 Å². The molecule has 0 radical (unpaired) electrons. The number of thiophene rings is 1. The average Bonchev–Trinajstić information content (AvgIpc) is 2.75. The lowest BCUT2D eigenvalue weighted by Gasteiger charge is -2.27. The first-order valence-electron chi connectivity index (χ1n) is 6.14. The molecule has 2 heterocycles. The summed E-state index contributed by atoms with van der Waals surface area (Å²) >= 11 is 5.20. The van der Waals surface area contributed by atoms with E-state index in [1.165, 1.54) is 0 Å². The second kappa shape index (κ2) is 5.11. The topological polar surface area (TPSA) is 63.8 Å². The maximum atomic E-state index is 5.93. The van der Waals surface area contributed by atoms with E-state index in [-0.39, 0.29) is 0 Å². The van der Waals surface area contributed by atoms with Crippen LogP contribution in [0.5, 0.6) is 0 Å². The van der Waals surface area contributed by atoms with Gasteiger partial charge in [-0.2, -0.15) is 0 Å². The Hall–Kier alpha value is -0.720. The summed E-state index contributed by atoms with van der Waals surface area (Å²) in [4.78, 5) is 9.68. The molecule has 0 spiro atoms. The molecule has 0 atom stereocenters. The number of hydrogen-bond acceptors (Lipinski definition) is 5. The minimum atomic E-state index is 0.376. The van der Waals surface area contributed by atoms with E-state index >= 15 is 0 Å². The summed E-state index contributed by atoms with van der Waals surface area (Å²) in [5.74, 6) is 0.939. The molecular formula is C12H15BrN4S. The molecule has 3 rings (SSSR count). The molecule has 4 nitrogen and oxygen atoms in total. The molecule has 2 aromatic heterocycles. The molecule has 1 fully saturated rings. The molecule has 3 N–H and O–H groups in total. The summed E-state index contributed by atoms with van der Waals surface area (Å²) in [5.41, 5.74) is 5.93. The Morgan fingerprint density at radius 2 is 2.06 bits per heavy atom. The Kier molecular flexibility index (Phi) is 3.50. The smallest absolute Gasteiger partial charge is 0.139 e. The van der Waals surface area contributed by atoms with Crippen LogP contribution in [0.2, 0.25) is 0 Å². The van der Waals surface area contributed by atoms with Gasteiger partial charge < -0.3 is 11.1 Å². The zero-order chi connectivity index (χ0) is 12.5. The van der Waals surface area contributed by atoms with Crippen LogP contribution < -0.4 is 11.1 Å². The molecule has 1 aliphatic rings. The number of nitrogens with one attached hydrogen (secondary N) is 1. The second-order valence-corrected chi connectivity index (χ2v) is 6.45. The second-order valence-electron chi connectivity index (χ2n) is 4.74. The average molecular weight is 327 g/mol. The van der Waals surface area contributed by atoms with Crippen molar-refractivity contribution in [1.29, 1.82) is 0 Å². The van der Waals surface area contributed by atoms with E-state index in [9.17, 15) is 0 Å². The predicted molar refractivity (Wildman–Crippen MR) is 79.0 cm³/mol. The Bertz CT molecular complexity index is 548. The van der Waals surface area contributed by atoms with E-state index < -0.39 is 0 Å². The molecule has 18 heavy (non-hydrogen) atoms. The van der Waals surface area contributed by atoms with Gasteiger partial charge in [0, 0.05) is 21.9 Å². The monoisotopic (exact) mass is 326 g/mol. The maximum absolute atomic E-state index is 5.93. The summed E-state index contributed by atoms with van der Waals surface area (Å²) in [6, 6.07) is 0.857. The van der Waals surface area contributed by atoms with Gasteiger partial charge in [-0.15, -0.1) is 11.3 Å². The Balaban J connectivity index is 1.84. The lowest BCUT2D eigenvalue weighted by atomic mass is 9.92. The van der Waals surface area contributed by atoms with Crippen LogP contribution in [0.25, 0.3) is 10.2 Å². The van der Waals surface area contributed by atoms with Crippen LogP contribution >= 0.6 is 27.3 Å². The quantitative estimate of drug-likeness (QED) is 0.889. The summed E-state index contributed by atoms with van der Waals surface area (Å²) in [6.45, 7) is 0. The number of halogens is 1. The number of nitrogens with zero attached hydrogens (tertiary/aromatic N) is 2. The third kappa shape index (κ3) is 2.37. The number of fused-ring (bicyclic) bond motifs is 1. The maximum Gasteiger partial charge on any atom is 0.139 e. The van der Waals surface area contributed by atoms with E-state index in [1.54, 1.807) is 17.7 Å². The van der Waals surface area contributed by atoms with Gasteiger partial charge in [-0.1, -0.05) is 0 Å². The van der Waals surface area contributed by atoms with Crippen molar-refractivity contribution in [2.75, 3.05) is 5.32 Å². The molecule has 6 heteroatoms. The zero-order valence-corrected chi connectivity index (χ0v) is 12.3. The van der Waals surface area contributed by atoms with E-state index in [1.807, 2.05) is 0 Å². The van der Waals surface area contributed by atoms with E-state index in [2.05, 4.69) is 36.6 Å². The minimum Gasteiger partial charge on any atom is -0.367 e. The SMILES string of the molecule is N[C@H]1CC[C@H](Nc2ncnc3scc(Br)c23)CC1. The Labute approximate surface area is 118 Å². The van der Waals surface area contributed by atoms with Gasteiger partial charge in [-0.25, -0.2) is 9.97 Å². The van der Waals surface area contributed by atoms with Crippen molar-refractivity contribution >= 4 is 43.3 Å². The van der Waals surface area contributed by atoms with Gasteiger partial charge >= 0.3 is 0 Å². The highest BCUT2D eigenvalue weighted by molar-refractivity contribution is 9.10. The fourth-order valence-corrected chi connectivity index (χ4v) is 3.96. The van der Waals surface area contributed by atoms with E-state index in [4.69, 9.17) is 5.73 Å². The molecular weight excluding hydrogens is 312 g/mol. The molecule has 2 aromatic rings. The van der Waals surface area contributed by atoms with Crippen molar-refractivity contribution in [3.8, 4) is 0 Å². The molecule has 0 aliphatic heterocycles. The van der Waals surface area contributed by atoms with Gasteiger partial charge in [0.15, 0.2) is 0 Å². The first kappa shape index (κ1) is 12.3. The molecule has 96 valence electrons. The fraction of sp³-hybridized carbons (Fsp3) is 0.500. The van der Waals surface area contributed by atoms with Crippen molar-refractivity contribution in [1.82, 2.24) is 9.97 Å². The first-order valence-corrected chi connectivity index (χ1v) is 7.81. The summed E-state index contributed by atoms with van der Waals surface area (Å²) in [6.07, 6.45) is 6.05. The third-order valence-electron chi connectivity index (χ3n) is 3.44. The lowest BCUT2D eigenvalue weighted by molar-refractivity contribution is 0.410. The van der Waals surface area contributed by atoms with E-state index in [0.717, 1.165) is 46.2 Å². The normalized spacial score (nSPS) is 24.3. The van der Waals surface area contributed by atoms with E-state index in [0.29, 0.717) is 12.1 Å². The van der Waals surface area contributed by atoms with Crippen molar-refractivity contribution in [3.63, 3.8) is 0 Å². The van der Waals surface area contributed by atoms with Crippen molar-refractivity contribution in [3.05, 3.63) is 16.2 Å². The summed E-state index contributed by atoms with van der Waals surface area (Å²) in [5, 5.41) is 6.69. The number of nitrogens with two attached hydrogens (primary N) is 1. The molecule has 1 aliphatic carbocycles. The Morgan fingerprint density at radius 1 is 1.28 bits per heavy atom. The molecule has 0 unspecified atom stereocenters. The molecule has 0 aromatic carbocycles. The van der Waals surface area contributed by atoms with Crippen LogP contribution in [-0.2, 0) is 0 Å². The van der Waals surface area contributed by atoms with Crippen LogP contribution in [0.4, 0.5) is 5.82 Å². The summed E-state index contributed by atoms with van der Waals surface area (Å²) in [7, 11) is 0. The van der Waals surface area contributed by atoms with Gasteiger partial charge in [0.2, 0.25) is 0 Å². The molecule has 0 amide bonds. The van der Waals surface area contributed by atoms with Crippen LogP contribution in [0.3, 0.4) is 0 Å². The number of aromatic nitrogens is 2. The third-order valence-corrected chi connectivity index (χ3v) is 5.25. The van der Waals surface area contributed by atoms with Gasteiger partial charge in [-0.3, -0.25) is 0 Å². The largest absolute Gasteiger partial charge is 0.367 e. The van der Waals surface area contributed by atoms with Gasteiger partial charge in [-0.05, 0) is 41.6 Å². The lowest BCUT2D eigenvalue weighted by Crippen LogP contribution is -2.33. The Morgan fingerprint density at radius 3 is 2.83 bits per heavy atom. The highest BCUT2D eigenvalue weighted by Gasteiger charge is 2.20.